The van der Waals surface area contributed by atoms with E-state index in [1.807, 2.05) is 0 Å². The largest absolute Gasteiger partial charge is 0.342 e. The maximum absolute atomic E-state index is 4.63. The summed E-state index contributed by atoms with van der Waals surface area (Å²) in [6.07, 6.45) is 3.45. The highest BCUT2D eigenvalue weighted by molar-refractivity contribution is 5.63. The van der Waals surface area contributed by atoms with E-state index in [4.69, 9.17) is 0 Å². The molecule has 2 heterocycles. The SMILES string of the molecule is CC1C=C(c2ncon2)CN1. The van der Waals surface area contributed by atoms with E-state index < -0.39 is 0 Å². The number of nitrogens with zero attached hydrogens (tertiary/aromatic N) is 2. The lowest BCUT2D eigenvalue weighted by Gasteiger charge is -1.95. The van der Waals surface area contributed by atoms with Gasteiger partial charge in [0, 0.05) is 18.2 Å². The Morgan fingerprint density at radius 3 is 3.18 bits per heavy atom. The Morgan fingerprint density at radius 1 is 1.73 bits per heavy atom. The van der Waals surface area contributed by atoms with Gasteiger partial charge in [-0.15, -0.1) is 0 Å². The zero-order valence-corrected chi connectivity index (χ0v) is 6.24. The molecule has 1 aliphatic heterocycles. The molecule has 0 saturated carbocycles. The molecule has 1 atom stereocenters. The topological polar surface area (TPSA) is 51.0 Å². The molecule has 1 aromatic rings. The average molecular weight is 151 g/mol. The number of nitrogens with one attached hydrogen (secondary N) is 1. The fourth-order valence-corrected chi connectivity index (χ4v) is 1.16. The molecule has 11 heavy (non-hydrogen) atoms. The fourth-order valence-electron chi connectivity index (χ4n) is 1.16. The van der Waals surface area contributed by atoms with Gasteiger partial charge in [0.05, 0.1) is 0 Å². The lowest BCUT2D eigenvalue weighted by molar-refractivity contribution is 0.415. The van der Waals surface area contributed by atoms with Crippen LogP contribution >= 0.6 is 0 Å². The van der Waals surface area contributed by atoms with E-state index in [2.05, 4.69) is 33.0 Å². The summed E-state index contributed by atoms with van der Waals surface area (Å²) in [5, 5.41) is 6.98. The Bertz CT molecular complexity index is 265. The van der Waals surface area contributed by atoms with Gasteiger partial charge < -0.3 is 9.84 Å². The number of aromatic nitrogens is 2. The minimum absolute atomic E-state index is 0.420. The molecule has 1 aliphatic rings. The summed E-state index contributed by atoms with van der Waals surface area (Å²) in [6, 6.07) is 0.420. The number of hydrogen-bond donors (Lipinski definition) is 1. The van der Waals surface area contributed by atoms with Crippen molar-refractivity contribution in [1.82, 2.24) is 15.5 Å². The van der Waals surface area contributed by atoms with Gasteiger partial charge in [-0.3, -0.25) is 0 Å². The monoisotopic (exact) mass is 151 g/mol. The molecule has 0 aliphatic carbocycles. The van der Waals surface area contributed by atoms with Crippen LogP contribution in [0.2, 0.25) is 0 Å². The summed E-state index contributed by atoms with van der Waals surface area (Å²) in [7, 11) is 0. The highest BCUT2D eigenvalue weighted by Crippen LogP contribution is 2.13. The van der Waals surface area contributed by atoms with Crippen LogP contribution in [0.15, 0.2) is 17.0 Å². The van der Waals surface area contributed by atoms with Gasteiger partial charge in [0.15, 0.2) is 5.82 Å². The predicted octanol–water partition coefficient (Wildman–Crippen LogP) is 0.445. The van der Waals surface area contributed by atoms with E-state index in [1.54, 1.807) is 0 Å². The van der Waals surface area contributed by atoms with E-state index >= 15 is 0 Å². The minimum Gasteiger partial charge on any atom is -0.342 e. The molecule has 4 nitrogen and oxygen atoms in total. The number of rotatable bonds is 1. The standard InChI is InChI=1S/C7H9N3O/c1-5-2-6(3-8-5)7-9-4-11-10-7/h2,4-5,8H,3H2,1H3. The average Bonchev–Trinajstić information content (AvgIpc) is 2.55. The molecule has 0 amide bonds. The summed E-state index contributed by atoms with van der Waals surface area (Å²) in [5.74, 6) is 0.696. The summed E-state index contributed by atoms with van der Waals surface area (Å²) < 4.78 is 4.63. The second kappa shape index (κ2) is 2.47. The Labute approximate surface area is 64.3 Å². The van der Waals surface area contributed by atoms with Gasteiger partial charge in [-0.1, -0.05) is 11.2 Å². The van der Waals surface area contributed by atoms with Crippen LogP contribution in [-0.4, -0.2) is 22.7 Å². The molecule has 58 valence electrons. The van der Waals surface area contributed by atoms with E-state index in [9.17, 15) is 0 Å². The molecule has 1 aromatic heterocycles. The Morgan fingerprint density at radius 2 is 2.64 bits per heavy atom. The highest BCUT2D eigenvalue weighted by Gasteiger charge is 2.14. The van der Waals surface area contributed by atoms with Gasteiger partial charge in [-0.25, -0.2) is 0 Å². The van der Waals surface area contributed by atoms with Crippen molar-refractivity contribution in [2.45, 2.75) is 13.0 Å². The van der Waals surface area contributed by atoms with E-state index in [0.29, 0.717) is 11.9 Å². The van der Waals surface area contributed by atoms with E-state index in [0.717, 1.165) is 12.1 Å². The van der Waals surface area contributed by atoms with Crippen LogP contribution < -0.4 is 5.32 Å². The van der Waals surface area contributed by atoms with Crippen molar-refractivity contribution in [2.24, 2.45) is 0 Å². The second-order valence-electron chi connectivity index (χ2n) is 2.62. The first kappa shape index (κ1) is 6.54. The van der Waals surface area contributed by atoms with Gasteiger partial charge in [-0.2, -0.15) is 4.98 Å². The predicted molar refractivity (Wildman–Crippen MR) is 39.7 cm³/mol. The molecular weight excluding hydrogens is 142 g/mol. The van der Waals surface area contributed by atoms with Gasteiger partial charge in [0.25, 0.3) is 0 Å². The third-order valence-electron chi connectivity index (χ3n) is 1.71. The van der Waals surface area contributed by atoms with E-state index in [1.165, 1.54) is 6.39 Å². The van der Waals surface area contributed by atoms with Crippen molar-refractivity contribution in [2.75, 3.05) is 6.54 Å². The van der Waals surface area contributed by atoms with Crippen LogP contribution in [0.1, 0.15) is 12.7 Å². The van der Waals surface area contributed by atoms with Crippen molar-refractivity contribution < 1.29 is 4.52 Å². The molecular formula is C7H9N3O. The van der Waals surface area contributed by atoms with Crippen LogP contribution in [0, 0.1) is 0 Å². The first-order valence-electron chi connectivity index (χ1n) is 3.57. The molecule has 0 bridgehead atoms. The lowest BCUT2D eigenvalue weighted by Crippen LogP contribution is -2.17. The summed E-state index contributed by atoms with van der Waals surface area (Å²) in [6.45, 7) is 2.92. The molecule has 1 N–H and O–H groups in total. The molecule has 0 fully saturated rings. The molecule has 0 aromatic carbocycles. The van der Waals surface area contributed by atoms with Crippen molar-refractivity contribution >= 4 is 5.57 Å². The van der Waals surface area contributed by atoms with Crippen LogP contribution in [0.3, 0.4) is 0 Å². The summed E-state index contributed by atoms with van der Waals surface area (Å²) in [4.78, 5) is 3.95. The van der Waals surface area contributed by atoms with Crippen LogP contribution in [0.4, 0.5) is 0 Å². The first-order chi connectivity index (χ1) is 5.36. The maximum atomic E-state index is 4.63. The van der Waals surface area contributed by atoms with Crippen molar-refractivity contribution in [3.8, 4) is 0 Å². The third-order valence-corrected chi connectivity index (χ3v) is 1.71. The Hall–Kier alpha value is -1.16. The quantitative estimate of drug-likeness (QED) is 0.633. The molecule has 0 saturated heterocycles. The van der Waals surface area contributed by atoms with Gasteiger partial charge in [-0.05, 0) is 6.92 Å². The molecule has 1 unspecified atom stereocenters. The zero-order chi connectivity index (χ0) is 7.68. The smallest absolute Gasteiger partial charge is 0.214 e. The Kier molecular flexibility index (Phi) is 1.47. The zero-order valence-electron chi connectivity index (χ0n) is 6.24. The molecule has 4 heteroatoms. The molecule has 0 radical (unpaired) electrons. The second-order valence-corrected chi connectivity index (χ2v) is 2.62. The van der Waals surface area contributed by atoms with Crippen LogP contribution in [0.25, 0.3) is 5.57 Å². The van der Waals surface area contributed by atoms with Crippen molar-refractivity contribution in [3.63, 3.8) is 0 Å². The fraction of sp³-hybridized carbons (Fsp3) is 0.429. The lowest BCUT2D eigenvalue weighted by atomic mass is 10.2. The molecule has 2 rings (SSSR count). The van der Waals surface area contributed by atoms with Crippen LogP contribution in [0.5, 0.6) is 0 Å². The van der Waals surface area contributed by atoms with Gasteiger partial charge >= 0.3 is 0 Å². The summed E-state index contributed by atoms with van der Waals surface area (Å²) in [5.41, 5.74) is 1.12. The minimum atomic E-state index is 0.420. The highest BCUT2D eigenvalue weighted by atomic mass is 16.5. The van der Waals surface area contributed by atoms with Gasteiger partial charge in [0.1, 0.15) is 0 Å². The number of hydrogen-bond acceptors (Lipinski definition) is 4. The van der Waals surface area contributed by atoms with Gasteiger partial charge in [0.2, 0.25) is 6.39 Å². The first-order valence-corrected chi connectivity index (χ1v) is 3.57. The summed E-state index contributed by atoms with van der Waals surface area (Å²) >= 11 is 0. The van der Waals surface area contributed by atoms with Crippen molar-refractivity contribution in [3.05, 3.63) is 18.3 Å². The van der Waals surface area contributed by atoms with E-state index in [-0.39, 0.29) is 0 Å². The Balaban J connectivity index is 2.25. The van der Waals surface area contributed by atoms with Crippen molar-refractivity contribution in [1.29, 1.82) is 0 Å². The molecule has 0 spiro atoms. The van der Waals surface area contributed by atoms with Crippen LogP contribution in [-0.2, 0) is 0 Å². The maximum Gasteiger partial charge on any atom is 0.214 e. The normalized spacial score (nSPS) is 23.7. The third kappa shape index (κ3) is 1.17.